The molecule has 0 aliphatic heterocycles. The van der Waals surface area contributed by atoms with Crippen LogP contribution >= 0.6 is 22.9 Å². The number of rotatable bonds is 2. The minimum atomic E-state index is 0.615. The second kappa shape index (κ2) is 5.76. The highest BCUT2D eigenvalue weighted by atomic mass is 35.5. The summed E-state index contributed by atoms with van der Waals surface area (Å²) >= 11 is 7.48. The molecule has 0 N–H and O–H groups in total. The van der Waals surface area contributed by atoms with Gasteiger partial charge < -0.3 is 0 Å². The predicted octanol–water partition coefficient (Wildman–Crippen LogP) is 3.72. The molecule has 14 heavy (non-hydrogen) atoms. The van der Waals surface area contributed by atoms with E-state index in [1.165, 1.54) is 15.5 Å². The molecule has 2 heterocycles. The van der Waals surface area contributed by atoms with Gasteiger partial charge in [0, 0.05) is 9.40 Å². The van der Waals surface area contributed by atoms with Gasteiger partial charge in [-0.05, 0) is 24.6 Å². The second-order valence-electron chi connectivity index (χ2n) is 2.67. The normalized spacial score (nSPS) is 9.29. The van der Waals surface area contributed by atoms with Crippen molar-refractivity contribution in [2.45, 2.75) is 13.3 Å². The highest BCUT2D eigenvalue weighted by molar-refractivity contribution is 7.24. The zero-order chi connectivity index (χ0) is 10.4. The van der Waals surface area contributed by atoms with Crippen molar-refractivity contribution < 1.29 is 4.79 Å². The number of nitrogens with zero attached hydrogens (tertiary/aromatic N) is 1. The van der Waals surface area contributed by atoms with E-state index in [4.69, 9.17) is 11.6 Å². The van der Waals surface area contributed by atoms with E-state index < -0.39 is 0 Å². The van der Waals surface area contributed by atoms with Gasteiger partial charge >= 0.3 is 0 Å². The number of halogens is 1. The Bertz CT molecular complexity index is 420. The van der Waals surface area contributed by atoms with Crippen molar-refractivity contribution in [2.75, 3.05) is 6.54 Å². The first kappa shape index (κ1) is 11.2. The molecule has 0 saturated carbocycles. The number of carbonyl (C=O) groups excluding carboxylic acids is 1. The molecule has 0 spiro atoms. The van der Waals surface area contributed by atoms with Crippen molar-refractivity contribution >= 4 is 38.4 Å². The van der Waals surface area contributed by atoms with Crippen molar-refractivity contribution in [2.24, 2.45) is 4.99 Å². The molecular weight excluding hydrogens is 218 g/mol. The highest BCUT2D eigenvalue weighted by Crippen LogP contribution is 2.31. The molecule has 0 fully saturated rings. The van der Waals surface area contributed by atoms with Gasteiger partial charge in [-0.3, -0.25) is 0 Å². The lowest BCUT2D eigenvalue weighted by Crippen LogP contribution is -1.69. The average molecular weight is 228 g/mol. The van der Waals surface area contributed by atoms with Crippen molar-refractivity contribution in [1.29, 1.82) is 0 Å². The first-order valence-corrected chi connectivity index (χ1v) is 5.48. The monoisotopic (exact) mass is 227 g/mol. The zero-order valence-corrected chi connectivity index (χ0v) is 9.36. The molecule has 0 unspecified atom stereocenters. The molecule has 2 nitrogen and oxygen atoms in total. The summed E-state index contributed by atoms with van der Waals surface area (Å²) in [7, 11) is 0. The Morgan fingerprint density at radius 1 is 1.57 bits per heavy atom. The number of fused-ring (bicyclic) bond motifs is 2. The van der Waals surface area contributed by atoms with E-state index in [1.54, 1.807) is 11.3 Å². The summed E-state index contributed by atoms with van der Waals surface area (Å²) in [6.45, 7) is 2.57. The number of hydrogen-bond acceptors (Lipinski definition) is 3. The predicted molar refractivity (Wildman–Crippen MR) is 61.3 cm³/mol. The molecule has 0 aromatic carbocycles. The summed E-state index contributed by atoms with van der Waals surface area (Å²) in [6, 6.07) is 6.11. The fraction of sp³-hybridized carbons (Fsp3) is 0.300. The number of benzene rings is 1. The van der Waals surface area contributed by atoms with Crippen molar-refractivity contribution in [3.05, 3.63) is 23.2 Å². The van der Waals surface area contributed by atoms with Crippen LogP contribution in [0.3, 0.4) is 0 Å². The minimum Gasteiger partial charge on any atom is -0.211 e. The third-order valence-electron chi connectivity index (χ3n) is 1.53. The van der Waals surface area contributed by atoms with Gasteiger partial charge in [0.05, 0.1) is 11.6 Å². The molecule has 2 aromatic heterocycles. The summed E-state index contributed by atoms with van der Waals surface area (Å²) < 4.78 is 2.46. The van der Waals surface area contributed by atoms with Crippen molar-refractivity contribution in [3.63, 3.8) is 0 Å². The fourth-order valence-electron chi connectivity index (χ4n) is 0.912. The van der Waals surface area contributed by atoms with Crippen LogP contribution in [0.25, 0.3) is 9.40 Å². The van der Waals surface area contributed by atoms with Crippen LogP contribution in [-0.4, -0.2) is 12.6 Å². The number of thiophene rings is 2. The van der Waals surface area contributed by atoms with Crippen LogP contribution in [0.15, 0.2) is 23.2 Å². The van der Waals surface area contributed by atoms with E-state index in [1.807, 2.05) is 19.1 Å². The third kappa shape index (κ3) is 3.11. The topological polar surface area (TPSA) is 29.4 Å². The van der Waals surface area contributed by atoms with E-state index in [0.717, 1.165) is 11.4 Å². The second-order valence-corrected chi connectivity index (χ2v) is 4.19. The van der Waals surface area contributed by atoms with E-state index in [9.17, 15) is 4.79 Å². The Kier molecular flexibility index (Phi) is 4.60. The molecule has 0 aliphatic rings. The van der Waals surface area contributed by atoms with Gasteiger partial charge in [0.2, 0.25) is 6.08 Å². The SMILES string of the molecule is CCCN=C=O.Clc1cc2ccc1s2. The maximum atomic E-state index is 9.27. The Labute approximate surface area is 91.6 Å². The van der Waals surface area contributed by atoms with Crippen molar-refractivity contribution in [3.8, 4) is 0 Å². The maximum Gasteiger partial charge on any atom is 0.234 e. The Balaban J connectivity index is 0.000000149. The van der Waals surface area contributed by atoms with Crippen LogP contribution in [0.4, 0.5) is 0 Å². The van der Waals surface area contributed by atoms with Crippen LogP contribution in [0.5, 0.6) is 0 Å². The van der Waals surface area contributed by atoms with E-state index in [2.05, 4.69) is 11.1 Å². The van der Waals surface area contributed by atoms with Crippen LogP contribution < -0.4 is 0 Å². The van der Waals surface area contributed by atoms with Gasteiger partial charge in [-0.15, -0.1) is 11.3 Å². The first-order chi connectivity index (χ1) is 6.77. The van der Waals surface area contributed by atoms with Crippen molar-refractivity contribution in [1.82, 2.24) is 0 Å². The summed E-state index contributed by atoms with van der Waals surface area (Å²) in [5.41, 5.74) is 0. The summed E-state index contributed by atoms with van der Waals surface area (Å²) in [5, 5.41) is 0.896. The smallest absolute Gasteiger partial charge is 0.211 e. The molecule has 2 rings (SSSR count). The lowest BCUT2D eigenvalue weighted by Gasteiger charge is -1.76. The standard InChI is InChI=1S/C6H3ClS.C4H7NO/c7-5-3-4-1-2-6(5)8-4;1-2-3-5-4-6/h1-3H;2-3H2,1H3. The van der Waals surface area contributed by atoms with E-state index in [0.29, 0.717) is 6.54 Å². The van der Waals surface area contributed by atoms with Gasteiger partial charge in [-0.2, -0.15) is 0 Å². The van der Waals surface area contributed by atoms with Gasteiger partial charge in [-0.25, -0.2) is 9.79 Å². The molecule has 0 aliphatic carbocycles. The van der Waals surface area contributed by atoms with Gasteiger partial charge in [0.25, 0.3) is 0 Å². The quantitative estimate of drug-likeness (QED) is 0.568. The summed E-state index contributed by atoms with van der Waals surface area (Å²) in [5.74, 6) is 0. The lowest BCUT2D eigenvalue weighted by atomic mass is 10.4. The number of isocyanates is 1. The molecule has 0 atom stereocenters. The number of aliphatic imine (C=N–C) groups is 1. The van der Waals surface area contributed by atoms with E-state index in [-0.39, 0.29) is 0 Å². The number of hydrogen-bond donors (Lipinski definition) is 0. The molecule has 2 bridgehead atoms. The fourth-order valence-corrected chi connectivity index (χ4v) is 2.13. The highest BCUT2D eigenvalue weighted by Gasteiger charge is 1.99. The van der Waals surface area contributed by atoms with E-state index >= 15 is 0 Å². The molecule has 4 heteroatoms. The van der Waals surface area contributed by atoms with Crippen LogP contribution in [0.1, 0.15) is 13.3 Å². The van der Waals surface area contributed by atoms with Gasteiger partial charge in [-0.1, -0.05) is 18.5 Å². The summed E-state index contributed by atoms with van der Waals surface area (Å²) in [6.07, 6.45) is 2.37. The van der Waals surface area contributed by atoms with Crippen LogP contribution in [0, 0.1) is 0 Å². The minimum absolute atomic E-state index is 0.615. The van der Waals surface area contributed by atoms with Crippen LogP contribution in [0.2, 0.25) is 5.02 Å². The van der Waals surface area contributed by atoms with Gasteiger partial charge in [0.15, 0.2) is 0 Å². The maximum absolute atomic E-state index is 9.27. The molecular formula is C10H10ClNOS. The Morgan fingerprint density at radius 3 is 2.57 bits per heavy atom. The first-order valence-electron chi connectivity index (χ1n) is 4.29. The largest absolute Gasteiger partial charge is 0.234 e. The third-order valence-corrected chi connectivity index (χ3v) is 3.02. The molecule has 2 aromatic rings. The molecule has 0 radical (unpaired) electrons. The Hall–Kier alpha value is -0.890. The zero-order valence-electron chi connectivity index (χ0n) is 7.79. The summed E-state index contributed by atoms with van der Waals surface area (Å²) in [4.78, 5) is 12.6. The lowest BCUT2D eigenvalue weighted by molar-refractivity contribution is 0.562. The van der Waals surface area contributed by atoms with Gasteiger partial charge in [0.1, 0.15) is 0 Å². The molecule has 74 valence electrons. The van der Waals surface area contributed by atoms with Crippen LogP contribution in [-0.2, 0) is 4.79 Å². The average Bonchev–Trinajstić information content (AvgIpc) is 2.76. The molecule has 0 saturated heterocycles. The Morgan fingerprint density at radius 2 is 2.36 bits per heavy atom. The molecule has 0 amide bonds.